The van der Waals surface area contributed by atoms with E-state index in [0.717, 1.165) is 26.8 Å². The Bertz CT molecular complexity index is 1870. The number of para-hydroxylation sites is 2. The van der Waals surface area contributed by atoms with Gasteiger partial charge in [-0.15, -0.1) is 5.10 Å². The number of H-pyrrole nitrogens is 1. The molecule has 172 valence electrons. The number of hydrogen-bond donors (Lipinski definition) is 1. The third-order valence-electron chi connectivity index (χ3n) is 6.33. The molecule has 6 aromatic rings. The van der Waals surface area contributed by atoms with Crippen molar-refractivity contribution in [1.82, 2.24) is 23.7 Å². The van der Waals surface area contributed by atoms with Crippen molar-refractivity contribution >= 4 is 33.4 Å². The summed E-state index contributed by atoms with van der Waals surface area (Å²) >= 11 is 0. The number of nitrogens with one attached hydrogen (secondary N) is 1. The molecule has 0 aliphatic heterocycles. The Morgan fingerprint density at radius 1 is 0.886 bits per heavy atom. The number of carbonyl (C=O) groups is 1. The lowest BCUT2D eigenvalue weighted by atomic mass is 10.1. The van der Waals surface area contributed by atoms with Crippen LogP contribution in [0.1, 0.15) is 21.6 Å². The number of ketones is 1. The van der Waals surface area contributed by atoms with Crippen LogP contribution in [0.15, 0.2) is 88.5 Å². The van der Waals surface area contributed by atoms with Crippen LogP contribution in [0.2, 0.25) is 0 Å². The topological polar surface area (TPSA) is 94.2 Å². The minimum atomic E-state index is -0.469. The van der Waals surface area contributed by atoms with E-state index in [2.05, 4.69) is 10.1 Å². The molecule has 0 aliphatic rings. The minimum Gasteiger partial charge on any atom is -0.358 e. The van der Waals surface area contributed by atoms with E-state index in [1.807, 2.05) is 61.5 Å². The molecule has 8 nitrogen and oxygen atoms in total. The first-order valence-electron chi connectivity index (χ1n) is 11.3. The third-order valence-corrected chi connectivity index (χ3v) is 6.33. The Hall–Kier alpha value is -4.72. The molecule has 3 aromatic carbocycles. The Kier molecular flexibility index (Phi) is 4.74. The SMILES string of the molecule is Cc1[nH]c2ccccc2c1C(=O)Cn1nc2n(Cc3ccccc3)c(=O)c3ccccc3n2c1=O. The van der Waals surface area contributed by atoms with E-state index in [1.165, 1.54) is 8.97 Å². The van der Waals surface area contributed by atoms with Gasteiger partial charge in [0.15, 0.2) is 5.78 Å². The van der Waals surface area contributed by atoms with Crippen LogP contribution in [-0.2, 0) is 13.1 Å². The van der Waals surface area contributed by atoms with Gasteiger partial charge in [-0.2, -0.15) is 0 Å². The van der Waals surface area contributed by atoms with Crippen molar-refractivity contribution in [2.45, 2.75) is 20.0 Å². The van der Waals surface area contributed by atoms with Crippen molar-refractivity contribution < 1.29 is 4.79 Å². The standard InChI is InChI=1S/C27H21N5O3/c1-17-24(19-11-5-7-13-21(19)28-17)23(33)16-31-27(35)32-22-14-8-6-12-20(22)25(34)30(26(32)29-31)15-18-9-3-2-4-10-18/h2-14,28H,15-16H2,1H3. The number of benzene rings is 3. The summed E-state index contributed by atoms with van der Waals surface area (Å²) in [4.78, 5) is 43.5. The molecule has 0 amide bonds. The molecule has 0 spiro atoms. The molecule has 8 heteroatoms. The first-order valence-corrected chi connectivity index (χ1v) is 11.3. The lowest BCUT2D eigenvalue weighted by Crippen LogP contribution is -2.27. The van der Waals surface area contributed by atoms with Crippen LogP contribution in [0.25, 0.3) is 27.6 Å². The van der Waals surface area contributed by atoms with Gasteiger partial charge in [0.05, 0.1) is 17.4 Å². The van der Waals surface area contributed by atoms with Gasteiger partial charge in [-0.1, -0.05) is 60.7 Å². The van der Waals surface area contributed by atoms with Crippen LogP contribution in [0, 0.1) is 6.92 Å². The first kappa shape index (κ1) is 20.9. The van der Waals surface area contributed by atoms with E-state index in [0.29, 0.717) is 16.5 Å². The number of hydrogen-bond acceptors (Lipinski definition) is 4. The van der Waals surface area contributed by atoms with E-state index < -0.39 is 5.69 Å². The van der Waals surface area contributed by atoms with Gasteiger partial charge in [-0.05, 0) is 30.7 Å². The minimum absolute atomic E-state index is 0.200. The largest absolute Gasteiger partial charge is 0.358 e. The van der Waals surface area contributed by atoms with E-state index in [-0.39, 0.29) is 30.2 Å². The molecule has 0 radical (unpaired) electrons. The number of aromatic nitrogens is 5. The number of rotatable bonds is 5. The van der Waals surface area contributed by atoms with Crippen molar-refractivity contribution in [2.24, 2.45) is 0 Å². The van der Waals surface area contributed by atoms with Crippen LogP contribution in [0.3, 0.4) is 0 Å². The van der Waals surface area contributed by atoms with Gasteiger partial charge < -0.3 is 4.98 Å². The quantitative estimate of drug-likeness (QED) is 0.396. The summed E-state index contributed by atoms with van der Waals surface area (Å²) < 4.78 is 4.04. The number of fused-ring (bicyclic) bond motifs is 4. The van der Waals surface area contributed by atoms with E-state index >= 15 is 0 Å². The molecule has 6 rings (SSSR count). The van der Waals surface area contributed by atoms with Gasteiger partial charge in [0.2, 0.25) is 5.78 Å². The van der Waals surface area contributed by atoms with Gasteiger partial charge in [-0.3, -0.25) is 14.2 Å². The highest BCUT2D eigenvalue weighted by Crippen LogP contribution is 2.22. The first-order chi connectivity index (χ1) is 17.0. The molecule has 0 saturated heterocycles. The van der Waals surface area contributed by atoms with Gasteiger partial charge in [0, 0.05) is 22.2 Å². The molecule has 0 saturated carbocycles. The highest BCUT2D eigenvalue weighted by molar-refractivity contribution is 6.09. The average Bonchev–Trinajstić information content (AvgIpc) is 3.38. The Labute approximate surface area is 198 Å². The number of Topliss-reactive ketones (excluding diaryl/α,β-unsaturated/α-hetero) is 1. The van der Waals surface area contributed by atoms with Crippen LogP contribution < -0.4 is 11.2 Å². The highest BCUT2D eigenvalue weighted by Gasteiger charge is 2.21. The van der Waals surface area contributed by atoms with E-state index in [4.69, 9.17) is 0 Å². The molecular weight excluding hydrogens is 442 g/mol. The molecule has 0 fully saturated rings. The summed E-state index contributed by atoms with van der Waals surface area (Å²) in [6.07, 6.45) is 0. The summed E-state index contributed by atoms with van der Waals surface area (Å²) in [6.45, 7) is 1.85. The normalized spacial score (nSPS) is 11.6. The summed E-state index contributed by atoms with van der Waals surface area (Å²) in [5, 5.41) is 5.70. The van der Waals surface area contributed by atoms with E-state index in [1.54, 1.807) is 24.3 Å². The smallest absolute Gasteiger partial charge is 0.352 e. The highest BCUT2D eigenvalue weighted by atomic mass is 16.2. The Morgan fingerprint density at radius 3 is 2.37 bits per heavy atom. The van der Waals surface area contributed by atoms with Crippen LogP contribution >= 0.6 is 0 Å². The maximum Gasteiger partial charge on any atom is 0.352 e. The molecular formula is C27H21N5O3. The number of aryl methyl sites for hydroxylation is 1. The average molecular weight is 463 g/mol. The monoisotopic (exact) mass is 463 g/mol. The molecule has 0 atom stereocenters. The molecule has 3 heterocycles. The number of nitrogens with zero attached hydrogens (tertiary/aromatic N) is 4. The number of aromatic amines is 1. The summed E-state index contributed by atoms with van der Waals surface area (Å²) in [6, 6.07) is 24.0. The van der Waals surface area contributed by atoms with Crippen LogP contribution in [0.4, 0.5) is 0 Å². The predicted octanol–water partition coefficient (Wildman–Crippen LogP) is 3.53. The van der Waals surface area contributed by atoms with Crippen molar-refractivity contribution in [1.29, 1.82) is 0 Å². The molecule has 3 aromatic heterocycles. The van der Waals surface area contributed by atoms with Gasteiger partial charge in [0.25, 0.3) is 5.56 Å². The van der Waals surface area contributed by atoms with Crippen molar-refractivity contribution in [3.63, 3.8) is 0 Å². The van der Waals surface area contributed by atoms with Crippen molar-refractivity contribution in [3.8, 4) is 0 Å². The Balaban J connectivity index is 1.53. The second-order valence-corrected chi connectivity index (χ2v) is 8.56. The van der Waals surface area contributed by atoms with Gasteiger partial charge >= 0.3 is 5.69 Å². The number of carbonyl (C=O) groups excluding carboxylic acids is 1. The lowest BCUT2D eigenvalue weighted by Gasteiger charge is -2.09. The lowest BCUT2D eigenvalue weighted by molar-refractivity contribution is 0.0967. The predicted molar refractivity (Wildman–Crippen MR) is 134 cm³/mol. The second-order valence-electron chi connectivity index (χ2n) is 8.56. The maximum atomic E-state index is 13.5. The van der Waals surface area contributed by atoms with Gasteiger partial charge in [-0.25, -0.2) is 13.9 Å². The molecule has 0 aliphatic carbocycles. The molecule has 1 N–H and O–H groups in total. The second kappa shape index (κ2) is 7.95. The molecule has 35 heavy (non-hydrogen) atoms. The fourth-order valence-corrected chi connectivity index (χ4v) is 4.73. The van der Waals surface area contributed by atoms with Crippen molar-refractivity contribution in [2.75, 3.05) is 0 Å². The molecule has 0 unspecified atom stereocenters. The zero-order valence-electron chi connectivity index (χ0n) is 18.9. The van der Waals surface area contributed by atoms with Crippen LogP contribution in [-0.4, -0.2) is 29.5 Å². The zero-order valence-corrected chi connectivity index (χ0v) is 18.9. The molecule has 0 bridgehead atoms. The van der Waals surface area contributed by atoms with Crippen LogP contribution in [0.5, 0.6) is 0 Å². The maximum absolute atomic E-state index is 13.5. The summed E-state index contributed by atoms with van der Waals surface area (Å²) in [7, 11) is 0. The third kappa shape index (κ3) is 3.30. The zero-order chi connectivity index (χ0) is 24.1. The fourth-order valence-electron chi connectivity index (χ4n) is 4.73. The Morgan fingerprint density at radius 2 is 1.57 bits per heavy atom. The fraction of sp³-hybridized carbons (Fsp3) is 0.111. The van der Waals surface area contributed by atoms with Gasteiger partial charge in [0.1, 0.15) is 6.54 Å². The summed E-state index contributed by atoms with van der Waals surface area (Å²) in [5.41, 5.74) is 2.79. The van der Waals surface area contributed by atoms with E-state index in [9.17, 15) is 14.4 Å². The van der Waals surface area contributed by atoms with Crippen molar-refractivity contribution in [3.05, 3.63) is 117 Å². The summed E-state index contributed by atoms with van der Waals surface area (Å²) in [5.74, 6) is -0.0299.